The third-order valence-electron chi connectivity index (χ3n) is 6.80. The van der Waals surface area contributed by atoms with Crippen molar-refractivity contribution in [3.05, 3.63) is 0 Å². The lowest BCUT2D eigenvalue weighted by Crippen LogP contribution is -2.48. The highest BCUT2D eigenvalue weighted by Gasteiger charge is 2.51. The zero-order chi connectivity index (χ0) is 17.7. The molecule has 0 aliphatic heterocycles. The van der Waals surface area contributed by atoms with Crippen LogP contribution >= 0.6 is 0 Å². The van der Waals surface area contributed by atoms with Crippen molar-refractivity contribution in [2.45, 2.75) is 97.0 Å². The first-order chi connectivity index (χ1) is 12.0. The summed E-state index contributed by atoms with van der Waals surface area (Å²) in [5.41, 5.74) is 0.384. The lowest BCUT2D eigenvalue weighted by Gasteiger charge is -2.56. The Morgan fingerprint density at radius 3 is 2.12 bits per heavy atom. The molecule has 4 saturated carbocycles. The third-order valence-corrected chi connectivity index (χ3v) is 6.80. The Hall–Kier alpha value is -0.570. The van der Waals surface area contributed by atoms with Crippen molar-refractivity contribution in [2.75, 3.05) is 13.2 Å². The molecular weight excluding hydrogens is 310 g/mol. The van der Waals surface area contributed by atoms with E-state index in [2.05, 4.69) is 19.2 Å². The number of rotatable bonds is 11. The lowest BCUT2D eigenvalue weighted by atomic mass is 9.49. The smallest absolute Gasteiger partial charge is 0.220 e. The highest BCUT2D eigenvalue weighted by Crippen LogP contribution is 2.61. The summed E-state index contributed by atoms with van der Waals surface area (Å²) in [5, 5.41) is 3.21. The number of carbonyl (C=O) groups excluding carboxylic acids is 1. The summed E-state index contributed by atoms with van der Waals surface area (Å²) in [4.78, 5) is 12.4. The van der Waals surface area contributed by atoms with Gasteiger partial charge in [-0.3, -0.25) is 4.79 Å². The van der Waals surface area contributed by atoms with Crippen LogP contribution in [-0.4, -0.2) is 25.2 Å². The Labute approximate surface area is 154 Å². The molecule has 0 aromatic carbocycles. The van der Waals surface area contributed by atoms with Gasteiger partial charge in [-0.15, -0.1) is 0 Å². The molecule has 0 aromatic heterocycles. The Balaban J connectivity index is 1.23. The number of carbonyl (C=O) groups is 1. The standard InChI is InChI=1S/C22H39NO2/c1-17(2)25-9-7-5-3-4-6-8-23-21(24)16-22-13-18-10-19(14-22)12-20(11-18)15-22/h17-20H,3-16H2,1-2H3,(H,23,24). The van der Waals surface area contributed by atoms with Gasteiger partial charge in [-0.05, 0) is 88.4 Å². The van der Waals surface area contributed by atoms with E-state index in [-0.39, 0.29) is 0 Å². The maximum atomic E-state index is 12.4. The van der Waals surface area contributed by atoms with Gasteiger partial charge in [0.05, 0.1) is 6.10 Å². The van der Waals surface area contributed by atoms with E-state index in [1.807, 2.05) is 0 Å². The van der Waals surface area contributed by atoms with E-state index in [4.69, 9.17) is 4.74 Å². The SMILES string of the molecule is CC(C)OCCCCCCCNC(=O)CC12CC3CC(CC(C3)C1)C2. The van der Waals surface area contributed by atoms with E-state index in [1.54, 1.807) is 0 Å². The molecule has 0 heterocycles. The Kier molecular flexibility index (Phi) is 6.82. The summed E-state index contributed by atoms with van der Waals surface area (Å²) in [6, 6.07) is 0. The first kappa shape index (κ1) is 19.2. The average molecular weight is 350 g/mol. The molecule has 0 spiro atoms. The van der Waals surface area contributed by atoms with Gasteiger partial charge in [-0.1, -0.05) is 19.3 Å². The van der Waals surface area contributed by atoms with Gasteiger partial charge in [0, 0.05) is 19.6 Å². The largest absolute Gasteiger partial charge is 0.379 e. The van der Waals surface area contributed by atoms with Gasteiger partial charge in [0.2, 0.25) is 5.91 Å². The first-order valence-electron chi connectivity index (χ1n) is 10.9. The van der Waals surface area contributed by atoms with Crippen molar-refractivity contribution in [1.29, 1.82) is 0 Å². The predicted octanol–water partition coefficient (Wildman–Crippen LogP) is 5.08. The maximum Gasteiger partial charge on any atom is 0.220 e. The van der Waals surface area contributed by atoms with Crippen LogP contribution < -0.4 is 5.32 Å². The Morgan fingerprint density at radius 1 is 0.960 bits per heavy atom. The van der Waals surface area contributed by atoms with Gasteiger partial charge in [-0.2, -0.15) is 0 Å². The van der Waals surface area contributed by atoms with Crippen molar-refractivity contribution >= 4 is 5.91 Å². The zero-order valence-corrected chi connectivity index (χ0v) is 16.5. The minimum atomic E-state index is 0.326. The normalized spacial score (nSPS) is 33.2. The van der Waals surface area contributed by atoms with Crippen LogP contribution in [0.25, 0.3) is 0 Å². The highest BCUT2D eigenvalue weighted by atomic mass is 16.5. The van der Waals surface area contributed by atoms with E-state index >= 15 is 0 Å². The molecule has 4 fully saturated rings. The van der Waals surface area contributed by atoms with Crippen LogP contribution in [0.15, 0.2) is 0 Å². The molecule has 4 aliphatic carbocycles. The Bertz CT molecular complexity index is 396. The van der Waals surface area contributed by atoms with E-state index in [9.17, 15) is 4.79 Å². The number of ether oxygens (including phenoxy) is 1. The molecule has 0 atom stereocenters. The van der Waals surface area contributed by atoms with Crippen molar-refractivity contribution in [2.24, 2.45) is 23.2 Å². The molecule has 4 aliphatic rings. The quantitative estimate of drug-likeness (QED) is 0.528. The van der Waals surface area contributed by atoms with Crippen molar-refractivity contribution in [3.8, 4) is 0 Å². The molecule has 0 saturated heterocycles. The minimum absolute atomic E-state index is 0.326. The van der Waals surface area contributed by atoms with Gasteiger partial charge in [0.15, 0.2) is 0 Å². The lowest BCUT2D eigenvalue weighted by molar-refractivity contribution is -0.129. The van der Waals surface area contributed by atoms with Crippen LogP contribution in [-0.2, 0) is 9.53 Å². The Morgan fingerprint density at radius 2 is 1.52 bits per heavy atom. The fourth-order valence-corrected chi connectivity index (χ4v) is 6.21. The van der Waals surface area contributed by atoms with Crippen LogP contribution in [0, 0.1) is 23.2 Å². The molecule has 0 aromatic rings. The van der Waals surface area contributed by atoms with Crippen LogP contribution in [0.1, 0.15) is 90.9 Å². The number of hydrogen-bond donors (Lipinski definition) is 1. The second-order valence-electron chi connectivity index (χ2n) is 9.63. The van der Waals surface area contributed by atoms with Gasteiger partial charge in [-0.25, -0.2) is 0 Å². The summed E-state index contributed by atoms with van der Waals surface area (Å²) in [6.45, 7) is 5.94. The molecule has 1 amide bonds. The van der Waals surface area contributed by atoms with Crippen molar-refractivity contribution in [3.63, 3.8) is 0 Å². The summed E-state index contributed by atoms with van der Waals surface area (Å²) in [6.07, 6.45) is 15.6. The molecule has 1 N–H and O–H groups in total. The van der Waals surface area contributed by atoms with E-state index in [0.29, 0.717) is 17.4 Å². The summed E-state index contributed by atoms with van der Waals surface area (Å²) >= 11 is 0. The molecule has 0 unspecified atom stereocenters. The van der Waals surface area contributed by atoms with Crippen molar-refractivity contribution in [1.82, 2.24) is 5.32 Å². The fourth-order valence-electron chi connectivity index (χ4n) is 6.21. The molecule has 3 nitrogen and oxygen atoms in total. The number of hydrogen-bond acceptors (Lipinski definition) is 2. The third kappa shape index (κ3) is 5.70. The van der Waals surface area contributed by atoms with Gasteiger partial charge < -0.3 is 10.1 Å². The average Bonchev–Trinajstić information content (AvgIpc) is 2.51. The van der Waals surface area contributed by atoms with Crippen LogP contribution in [0.4, 0.5) is 0 Å². The molecule has 0 radical (unpaired) electrons. The van der Waals surface area contributed by atoms with E-state index < -0.39 is 0 Å². The molecule has 4 bridgehead atoms. The van der Waals surface area contributed by atoms with Crippen LogP contribution in [0.5, 0.6) is 0 Å². The second-order valence-corrected chi connectivity index (χ2v) is 9.63. The van der Waals surface area contributed by atoms with Crippen LogP contribution in [0.3, 0.4) is 0 Å². The number of unbranched alkanes of at least 4 members (excludes halogenated alkanes) is 4. The monoisotopic (exact) mass is 349 g/mol. The molecule has 25 heavy (non-hydrogen) atoms. The zero-order valence-electron chi connectivity index (χ0n) is 16.5. The molecule has 144 valence electrons. The predicted molar refractivity (Wildman–Crippen MR) is 102 cm³/mol. The summed E-state index contributed by atoms with van der Waals surface area (Å²) < 4.78 is 5.56. The first-order valence-corrected chi connectivity index (χ1v) is 10.9. The fraction of sp³-hybridized carbons (Fsp3) is 0.955. The van der Waals surface area contributed by atoms with E-state index in [0.717, 1.165) is 50.2 Å². The van der Waals surface area contributed by atoms with Crippen molar-refractivity contribution < 1.29 is 9.53 Å². The van der Waals surface area contributed by atoms with E-state index in [1.165, 1.54) is 57.8 Å². The summed E-state index contributed by atoms with van der Waals surface area (Å²) in [7, 11) is 0. The second kappa shape index (κ2) is 8.88. The maximum absolute atomic E-state index is 12.4. The van der Waals surface area contributed by atoms with Gasteiger partial charge in [0.1, 0.15) is 0 Å². The van der Waals surface area contributed by atoms with Gasteiger partial charge in [0.25, 0.3) is 0 Å². The van der Waals surface area contributed by atoms with Gasteiger partial charge >= 0.3 is 0 Å². The number of nitrogens with one attached hydrogen (secondary N) is 1. The number of amides is 1. The molecule has 4 rings (SSSR count). The highest BCUT2D eigenvalue weighted by molar-refractivity contribution is 5.76. The van der Waals surface area contributed by atoms with Crippen LogP contribution in [0.2, 0.25) is 0 Å². The summed E-state index contributed by atoms with van der Waals surface area (Å²) in [5.74, 6) is 3.16. The topological polar surface area (TPSA) is 38.3 Å². The molecule has 3 heteroatoms. The molecular formula is C22H39NO2. The minimum Gasteiger partial charge on any atom is -0.379 e.